The zero-order valence-electron chi connectivity index (χ0n) is 14.8. The summed E-state index contributed by atoms with van der Waals surface area (Å²) in [5, 5.41) is 21.0. The van der Waals surface area contributed by atoms with Crippen molar-refractivity contribution in [3.63, 3.8) is 0 Å². The Hall–Kier alpha value is -3.13. The van der Waals surface area contributed by atoms with Crippen molar-refractivity contribution in [3.8, 4) is 6.07 Å². The fraction of sp³-hybridized carbons (Fsp3) is 0.286. The summed E-state index contributed by atoms with van der Waals surface area (Å²) < 4.78 is 0. The van der Waals surface area contributed by atoms with Gasteiger partial charge >= 0.3 is 5.97 Å². The van der Waals surface area contributed by atoms with Crippen molar-refractivity contribution in [2.24, 2.45) is 5.92 Å². The highest BCUT2D eigenvalue weighted by atomic mass is 16.4. The number of rotatable bonds is 7. The number of carbonyl (C=O) groups excluding carboxylic acids is 1. The van der Waals surface area contributed by atoms with Crippen molar-refractivity contribution >= 4 is 11.9 Å². The number of amides is 1. The number of benzene rings is 2. The Bertz CT molecular complexity index is 758. The van der Waals surface area contributed by atoms with E-state index in [4.69, 9.17) is 5.26 Å². The van der Waals surface area contributed by atoms with E-state index in [1.807, 2.05) is 66.7 Å². The minimum Gasteiger partial charge on any atom is -0.480 e. The van der Waals surface area contributed by atoms with Gasteiger partial charge in [-0.3, -0.25) is 4.79 Å². The molecule has 0 spiro atoms. The number of nitriles is 1. The molecule has 0 unspecified atom stereocenters. The van der Waals surface area contributed by atoms with Crippen molar-refractivity contribution in [1.82, 2.24) is 5.32 Å². The lowest BCUT2D eigenvalue weighted by Gasteiger charge is -2.31. The van der Waals surface area contributed by atoms with Crippen LogP contribution in [0.2, 0.25) is 0 Å². The van der Waals surface area contributed by atoms with Crippen LogP contribution in [0.25, 0.3) is 0 Å². The van der Waals surface area contributed by atoms with E-state index in [2.05, 4.69) is 5.32 Å². The van der Waals surface area contributed by atoms with Gasteiger partial charge in [-0.25, -0.2) is 4.79 Å². The predicted octanol–water partition coefficient (Wildman–Crippen LogP) is 3.11. The second-order valence-electron chi connectivity index (χ2n) is 6.49. The maximum atomic E-state index is 13.2. The van der Waals surface area contributed by atoms with Crippen molar-refractivity contribution in [1.29, 1.82) is 5.26 Å². The van der Waals surface area contributed by atoms with Crippen molar-refractivity contribution < 1.29 is 14.7 Å². The third-order valence-electron chi connectivity index (χ3n) is 4.57. The lowest BCUT2D eigenvalue weighted by atomic mass is 9.75. The number of nitrogens with one attached hydrogen (secondary N) is 1. The molecule has 2 rings (SSSR count). The number of carboxylic acids is 1. The molecule has 0 heterocycles. The van der Waals surface area contributed by atoms with Gasteiger partial charge in [-0.15, -0.1) is 0 Å². The highest BCUT2D eigenvalue weighted by molar-refractivity contribution is 5.94. The van der Waals surface area contributed by atoms with E-state index < -0.39 is 29.3 Å². The number of hydrogen-bond acceptors (Lipinski definition) is 3. The normalized spacial score (nSPS) is 13.3. The van der Waals surface area contributed by atoms with Gasteiger partial charge in [0.05, 0.1) is 11.5 Å². The molecule has 0 aromatic heterocycles. The topological polar surface area (TPSA) is 90.2 Å². The van der Waals surface area contributed by atoms with Crippen LogP contribution in [0.1, 0.15) is 31.4 Å². The highest BCUT2D eigenvalue weighted by Gasteiger charge is 2.39. The Morgan fingerprint density at radius 2 is 1.54 bits per heavy atom. The molecule has 0 aliphatic carbocycles. The minimum absolute atomic E-state index is 0.0528. The van der Waals surface area contributed by atoms with Crippen LogP contribution in [0.4, 0.5) is 0 Å². The molecule has 0 radical (unpaired) electrons. The summed E-state index contributed by atoms with van der Waals surface area (Å²) in [6.45, 7) is 3.41. The quantitative estimate of drug-likeness (QED) is 0.803. The van der Waals surface area contributed by atoms with Gasteiger partial charge in [0.25, 0.3) is 0 Å². The molecule has 0 saturated heterocycles. The van der Waals surface area contributed by atoms with E-state index in [1.165, 1.54) is 0 Å². The zero-order chi connectivity index (χ0) is 19.2. The van der Waals surface area contributed by atoms with Gasteiger partial charge in [-0.1, -0.05) is 60.7 Å². The summed E-state index contributed by atoms with van der Waals surface area (Å²) in [5.41, 5.74) is 0.480. The third-order valence-corrected chi connectivity index (χ3v) is 4.57. The molecule has 1 amide bonds. The van der Waals surface area contributed by atoms with E-state index in [0.717, 1.165) is 11.1 Å². The first-order chi connectivity index (χ1) is 12.4. The summed E-state index contributed by atoms with van der Waals surface area (Å²) >= 11 is 0. The molecule has 5 nitrogen and oxygen atoms in total. The molecule has 26 heavy (non-hydrogen) atoms. The lowest BCUT2D eigenvalue weighted by molar-refractivity contribution is -0.142. The van der Waals surface area contributed by atoms with Crippen LogP contribution in [-0.2, 0) is 15.0 Å². The third kappa shape index (κ3) is 4.09. The first-order valence-electron chi connectivity index (χ1n) is 8.44. The zero-order valence-corrected chi connectivity index (χ0v) is 14.8. The molecule has 5 heteroatoms. The summed E-state index contributed by atoms with van der Waals surface area (Å²) in [6, 6.07) is 19.4. The van der Waals surface area contributed by atoms with Gasteiger partial charge in [0.2, 0.25) is 5.91 Å². The molecule has 0 fully saturated rings. The molecule has 2 aromatic carbocycles. The molecule has 2 N–H and O–H groups in total. The van der Waals surface area contributed by atoms with Crippen LogP contribution >= 0.6 is 0 Å². The number of aliphatic carboxylic acids is 1. The maximum absolute atomic E-state index is 13.2. The first kappa shape index (κ1) is 19.2. The predicted molar refractivity (Wildman–Crippen MR) is 98.3 cm³/mol. The monoisotopic (exact) mass is 350 g/mol. The van der Waals surface area contributed by atoms with Gasteiger partial charge in [-0.05, 0) is 31.4 Å². The molecule has 0 aliphatic heterocycles. The Labute approximate surface area is 153 Å². The van der Waals surface area contributed by atoms with Gasteiger partial charge in [0.1, 0.15) is 6.04 Å². The minimum atomic E-state index is -1.15. The first-order valence-corrected chi connectivity index (χ1v) is 8.44. The largest absolute Gasteiger partial charge is 0.480 e. The van der Waals surface area contributed by atoms with E-state index >= 15 is 0 Å². The Balaban J connectivity index is 2.41. The van der Waals surface area contributed by atoms with Crippen molar-refractivity contribution in [2.45, 2.75) is 31.7 Å². The van der Waals surface area contributed by atoms with E-state index in [9.17, 15) is 14.7 Å². The highest BCUT2D eigenvalue weighted by Crippen LogP contribution is 2.32. The molecular weight excluding hydrogens is 328 g/mol. The number of nitrogens with zero attached hydrogens (tertiary/aromatic N) is 1. The standard InChI is InChI=1S/C21H22N2O3/c1-15(14-22)13-18(19(24)25)23-20(26)21(2,16-9-5-3-6-10-16)17-11-7-4-8-12-17/h3-12,15,18H,13H2,1-2H3,(H,23,26)(H,24,25)/t15-,18+/m1/s1. The van der Waals surface area contributed by atoms with E-state index in [1.54, 1.807) is 13.8 Å². The second kappa shape index (κ2) is 8.30. The van der Waals surface area contributed by atoms with Gasteiger partial charge in [0, 0.05) is 5.92 Å². The Kier molecular flexibility index (Phi) is 6.13. The summed E-state index contributed by atoms with van der Waals surface area (Å²) in [6.07, 6.45) is 0.0528. The van der Waals surface area contributed by atoms with Gasteiger partial charge < -0.3 is 10.4 Å². The molecule has 0 bridgehead atoms. The van der Waals surface area contributed by atoms with Crippen LogP contribution in [0.15, 0.2) is 60.7 Å². The van der Waals surface area contributed by atoms with Crippen molar-refractivity contribution in [3.05, 3.63) is 71.8 Å². The fourth-order valence-electron chi connectivity index (χ4n) is 2.90. The van der Waals surface area contributed by atoms with Gasteiger partial charge in [0.15, 0.2) is 0 Å². The molecule has 0 aliphatic rings. The molecule has 0 saturated carbocycles. The van der Waals surface area contributed by atoms with E-state index in [-0.39, 0.29) is 6.42 Å². The number of hydrogen-bond donors (Lipinski definition) is 2. The summed E-state index contributed by atoms with van der Waals surface area (Å²) in [7, 11) is 0. The average molecular weight is 350 g/mol. The van der Waals surface area contributed by atoms with Crippen molar-refractivity contribution in [2.75, 3.05) is 0 Å². The molecular formula is C21H22N2O3. The maximum Gasteiger partial charge on any atom is 0.326 e. The number of carbonyl (C=O) groups is 2. The fourth-order valence-corrected chi connectivity index (χ4v) is 2.90. The van der Waals surface area contributed by atoms with Crippen LogP contribution < -0.4 is 5.32 Å². The molecule has 134 valence electrons. The van der Waals surface area contributed by atoms with Crippen LogP contribution in [0.3, 0.4) is 0 Å². The molecule has 2 atom stereocenters. The van der Waals surface area contributed by atoms with Gasteiger partial charge in [-0.2, -0.15) is 5.26 Å². The average Bonchev–Trinajstić information content (AvgIpc) is 2.67. The summed E-state index contributed by atoms with van der Waals surface area (Å²) in [4.78, 5) is 24.8. The van der Waals surface area contributed by atoms with E-state index in [0.29, 0.717) is 0 Å². The summed E-state index contributed by atoms with van der Waals surface area (Å²) in [5.74, 6) is -2.03. The molecule has 2 aromatic rings. The smallest absolute Gasteiger partial charge is 0.326 e. The SMILES string of the molecule is C[C@@H](C#N)C[C@H](NC(=O)C(C)(c1ccccc1)c1ccccc1)C(=O)O. The van der Waals surface area contributed by atoms with Crippen LogP contribution in [0, 0.1) is 17.2 Å². The Morgan fingerprint density at radius 3 is 1.92 bits per heavy atom. The lowest BCUT2D eigenvalue weighted by Crippen LogP contribution is -2.50. The van der Waals surface area contributed by atoms with Crippen LogP contribution in [0.5, 0.6) is 0 Å². The Morgan fingerprint density at radius 1 is 1.08 bits per heavy atom. The second-order valence-corrected chi connectivity index (χ2v) is 6.49. The van der Waals surface area contributed by atoms with Crippen LogP contribution in [-0.4, -0.2) is 23.0 Å². The number of carboxylic acid groups (broad SMARTS) is 1.